The molecule has 146 valence electrons. The van der Waals surface area contributed by atoms with E-state index in [1.807, 2.05) is 6.92 Å². The summed E-state index contributed by atoms with van der Waals surface area (Å²) in [7, 11) is 0. The molecular weight excluding hydrogens is 388 g/mol. The molecule has 1 aliphatic carbocycles. The number of nitrogens with two attached hydrogens (primary N) is 1. The number of benzene rings is 1. The van der Waals surface area contributed by atoms with Crippen molar-refractivity contribution in [2.24, 2.45) is 0 Å². The topological polar surface area (TPSA) is 80.9 Å². The largest absolute Gasteiger partial charge is 0.383 e. The Balaban J connectivity index is 1.36. The Morgan fingerprint density at radius 1 is 1.32 bits per heavy atom. The van der Waals surface area contributed by atoms with Crippen LogP contribution in [-0.4, -0.2) is 28.2 Å². The molecule has 0 fully saturated rings. The van der Waals surface area contributed by atoms with Crippen molar-refractivity contribution in [3.05, 3.63) is 45.8 Å². The number of nitrogen functional groups attached to an aromatic ring is 1. The number of thiophene rings is 1. The van der Waals surface area contributed by atoms with Crippen molar-refractivity contribution < 1.29 is 4.79 Å². The third-order valence-corrected chi connectivity index (χ3v) is 7.36. The first-order chi connectivity index (χ1) is 13.5. The number of nitrogens with one attached hydrogen (secondary N) is 1. The van der Waals surface area contributed by atoms with Gasteiger partial charge in [-0.25, -0.2) is 9.97 Å². The molecule has 3 aromatic rings. The molecule has 0 saturated carbocycles. The number of rotatable bonds is 5. The van der Waals surface area contributed by atoms with Crippen LogP contribution >= 0.6 is 23.1 Å². The molecule has 1 aromatic carbocycles. The molecule has 1 atom stereocenters. The average molecular weight is 413 g/mol. The van der Waals surface area contributed by atoms with Gasteiger partial charge in [0, 0.05) is 17.3 Å². The SMILES string of the molecule is Cc1sc2nc(SCC(=O)NC[C@H]3CCCc4ccccc43)nc(N)c2c1C. The van der Waals surface area contributed by atoms with E-state index in [4.69, 9.17) is 5.73 Å². The smallest absolute Gasteiger partial charge is 0.230 e. The molecule has 7 heteroatoms. The van der Waals surface area contributed by atoms with Crippen LogP contribution in [0, 0.1) is 13.8 Å². The van der Waals surface area contributed by atoms with Gasteiger partial charge in [-0.2, -0.15) is 0 Å². The van der Waals surface area contributed by atoms with Crippen LogP contribution in [0.4, 0.5) is 5.82 Å². The Kier molecular flexibility index (Phi) is 5.55. The first kappa shape index (κ1) is 19.2. The lowest BCUT2D eigenvalue weighted by molar-refractivity contribution is -0.118. The summed E-state index contributed by atoms with van der Waals surface area (Å²) in [5.41, 5.74) is 10.1. The van der Waals surface area contributed by atoms with Crippen LogP contribution in [0.15, 0.2) is 29.4 Å². The highest BCUT2D eigenvalue weighted by Crippen LogP contribution is 2.33. The number of fused-ring (bicyclic) bond motifs is 2. The van der Waals surface area contributed by atoms with E-state index in [1.54, 1.807) is 11.3 Å². The van der Waals surface area contributed by atoms with Gasteiger partial charge >= 0.3 is 0 Å². The molecule has 3 N–H and O–H groups in total. The lowest BCUT2D eigenvalue weighted by atomic mass is 9.83. The highest BCUT2D eigenvalue weighted by atomic mass is 32.2. The van der Waals surface area contributed by atoms with Gasteiger partial charge in [0.15, 0.2) is 5.16 Å². The molecule has 0 aliphatic heterocycles. The maximum Gasteiger partial charge on any atom is 0.230 e. The molecule has 0 unspecified atom stereocenters. The van der Waals surface area contributed by atoms with E-state index in [1.165, 1.54) is 34.2 Å². The quantitative estimate of drug-likeness (QED) is 0.484. The number of carbonyl (C=O) groups excluding carboxylic acids is 1. The summed E-state index contributed by atoms with van der Waals surface area (Å²) in [5.74, 6) is 1.20. The number of amides is 1. The summed E-state index contributed by atoms with van der Waals surface area (Å²) >= 11 is 2.96. The van der Waals surface area contributed by atoms with Gasteiger partial charge < -0.3 is 11.1 Å². The van der Waals surface area contributed by atoms with Crippen molar-refractivity contribution in [2.45, 2.75) is 44.2 Å². The van der Waals surface area contributed by atoms with Crippen LogP contribution in [0.2, 0.25) is 0 Å². The van der Waals surface area contributed by atoms with Crippen LogP contribution in [0.1, 0.15) is 40.3 Å². The molecule has 4 rings (SSSR count). The Labute approximate surface area is 173 Å². The number of nitrogens with zero attached hydrogens (tertiary/aromatic N) is 2. The summed E-state index contributed by atoms with van der Waals surface area (Å²) in [6.45, 7) is 4.78. The monoisotopic (exact) mass is 412 g/mol. The van der Waals surface area contributed by atoms with E-state index in [2.05, 4.69) is 46.5 Å². The molecule has 0 bridgehead atoms. The van der Waals surface area contributed by atoms with Crippen LogP contribution < -0.4 is 11.1 Å². The summed E-state index contributed by atoms with van der Waals surface area (Å²) in [4.78, 5) is 23.4. The lowest BCUT2D eigenvalue weighted by Crippen LogP contribution is -2.31. The molecule has 28 heavy (non-hydrogen) atoms. The highest BCUT2D eigenvalue weighted by Gasteiger charge is 2.20. The van der Waals surface area contributed by atoms with Gasteiger partial charge in [0.05, 0.1) is 11.1 Å². The second-order valence-corrected chi connectivity index (χ2v) is 9.38. The van der Waals surface area contributed by atoms with Crippen molar-refractivity contribution in [1.29, 1.82) is 0 Å². The zero-order chi connectivity index (χ0) is 19.7. The number of hydrogen-bond acceptors (Lipinski definition) is 6. The standard InChI is InChI=1S/C21H24N4OS2/c1-12-13(2)28-20-18(12)19(22)24-21(25-20)27-11-17(26)23-10-15-8-5-7-14-6-3-4-9-16(14)15/h3-4,6,9,15H,5,7-8,10-11H2,1-2H3,(H,23,26)(H2,22,24,25)/t15-/m1/s1. The third-order valence-electron chi connectivity index (χ3n) is 5.41. The predicted molar refractivity (Wildman–Crippen MR) is 117 cm³/mol. The van der Waals surface area contributed by atoms with Gasteiger partial charge in [-0.3, -0.25) is 4.79 Å². The number of thioether (sulfide) groups is 1. The van der Waals surface area contributed by atoms with Gasteiger partial charge in [0.1, 0.15) is 10.6 Å². The van der Waals surface area contributed by atoms with Crippen molar-refractivity contribution in [2.75, 3.05) is 18.0 Å². The molecule has 5 nitrogen and oxygen atoms in total. The van der Waals surface area contributed by atoms with E-state index >= 15 is 0 Å². The van der Waals surface area contributed by atoms with Crippen molar-refractivity contribution in [3.8, 4) is 0 Å². The van der Waals surface area contributed by atoms with Crippen molar-refractivity contribution in [3.63, 3.8) is 0 Å². The van der Waals surface area contributed by atoms with E-state index in [0.29, 0.717) is 29.2 Å². The summed E-state index contributed by atoms with van der Waals surface area (Å²) in [6.07, 6.45) is 3.44. The van der Waals surface area contributed by atoms with Gasteiger partial charge in [0.25, 0.3) is 0 Å². The Hall–Kier alpha value is -2.12. The van der Waals surface area contributed by atoms with Crippen LogP contribution in [-0.2, 0) is 11.2 Å². The number of aromatic nitrogens is 2. The number of carbonyl (C=O) groups is 1. The first-order valence-corrected chi connectivity index (χ1v) is 11.3. The van der Waals surface area contributed by atoms with Crippen molar-refractivity contribution >= 4 is 45.0 Å². The zero-order valence-corrected chi connectivity index (χ0v) is 17.8. The minimum absolute atomic E-state index is 0.00821. The molecule has 1 amide bonds. The maximum absolute atomic E-state index is 12.4. The minimum atomic E-state index is 0.00821. The molecule has 2 heterocycles. The minimum Gasteiger partial charge on any atom is -0.383 e. The molecule has 2 aromatic heterocycles. The molecule has 0 saturated heterocycles. The molecule has 0 radical (unpaired) electrons. The lowest BCUT2D eigenvalue weighted by Gasteiger charge is -2.25. The van der Waals surface area contributed by atoms with E-state index < -0.39 is 0 Å². The van der Waals surface area contributed by atoms with E-state index in [-0.39, 0.29) is 5.91 Å². The second kappa shape index (κ2) is 8.09. The normalized spacial score (nSPS) is 16.1. The number of anilines is 1. The predicted octanol–water partition coefficient (Wildman–Crippen LogP) is 4.22. The summed E-state index contributed by atoms with van der Waals surface area (Å²) in [6, 6.07) is 8.57. The zero-order valence-electron chi connectivity index (χ0n) is 16.1. The summed E-state index contributed by atoms with van der Waals surface area (Å²) in [5, 5.41) is 4.58. The van der Waals surface area contributed by atoms with Crippen molar-refractivity contribution in [1.82, 2.24) is 15.3 Å². The molecular formula is C21H24N4OS2. The Morgan fingerprint density at radius 3 is 3.00 bits per heavy atom. The van der Waals surface area contributed by atoms with Crippen LogP contribution in [0.25, 0.3) is 10.2 Å². The van der Waals surface area contributed by atoms with Crippen LogP contribution in [0.5, 0.6) is 0 Å². The van der Waals surface area contributed by atoms with E-state index in [0.717, 1.165) is 28.6 Å². The fourth-order valence-electron chi connectivity index (χ4n) is 3.81. The maximum atomic E-state index is 12.4. The van der Waals surface area contributed by atoms with Gasteiger partial charge in [-0.15, -0.1) is 11.3 Å². The van der Waals surface area contributed by atoms with Gasteiger partial charge in [0.2, 0.25) is 5.91 Å². The first-order valence-electron chi connectivity index (χ1n) is 9.53. The molecule has 0 spiro atoms. The molecule has 1 aliphatic rings. The average Bonchev–Trinajstić information content (AvgIpc) is 2.98. The second-order valence-electron chi connectivity index (χ2n) is 7.24. The Morgan fingerprint density at radius 2 is 2.14 bits per heavy atom. The van der Waals surface area contributed by atoms with Crippen LogP contribution in [0.3, 0.4) is 0 Å². The third kappa shape index (κ3) is 3.86. The van der Waals surface area contributed by atoms with Gasteiger partial charge in [-0.1, -0.05) is 36.0 Å². The van der Waals surface area contributed by atoms with Gasteiger partial charge in [-0.05, 0) is 49.8 Å². The fraction of sp³-hybridized carbons (Fsp3) is 0.381. The Bertz CT molecular complexity index is 1030. The van der Waals surface area contributed by atoms with E-state index in [9.17, 15) is 4.79 Å². The summed E-state index contributed by atoms with van der Waals surface area (Å²) < 4.78 is 0. The fourth-order valence-corrected chi connectivity index (χ4v) is 5.59. The highest BCUT2D eigenvalue weighted by molar-refractivity contribution is 7.99. The number of aryl methyl sites for hydroxylation is 3. The number of hydrogen-bond donors (Lipinski definition) is 2.